The fourth-order valence-electron chi connectivity index (χ4n) is 1.89. The summed E-state index contributed by atoms with van der Waals surface area (Å²) in [5.74, 6) is 0. The minimum atomic E-state index is -0.410. The Balaban J connectivity index is 1.98. The third kappa shape index (κ3) is 7.53. The van der Waals surface area contributed by atoms with Gasteiger partial charge in [-0.2, -0.15) is 0 Å². The van der Waals surface area contributed by atoms with Gasteiger partial charge in [-0.3, -0.25) is 0 Å². The molecular formula is C14H27NO2. The predicted molar refractivity (Wildman–Crippen MR) is 71.1 cm³/mol. The number of ether oxygens (including phenoxy) is 1. The molecule has 0 spiro atoms. The first-order chi connectivity index (χ1) is 7.97. The molecule has 1 aliphatic carbocycles. The largest absolute Gasteiger partial charge is 0.389 e. The number of hydrogen-bond donors (Lipinski definition) is 2. The van der Waals surface area contributed by atoms with Gasteiger partial charge in [0.05, 0.1) is 18.3 Å². The average Bonchev–Trinajstić information content (AvgIpc) is 2.73. The van der Waals surface area contributed by atoms with Crippen LogP contribution in [0.2, 0.25) is 0 Å². The van der Waals surface area contributed by atoms with Gasteiger partial charge in [0.15, 0.2) is 0 Å². The van der Waals surface area contributed by atoms with E-state index in [2.05, 4.69) is 11.4 Å². The summed E-state index contributed by atoms with van der Waals surface area (Å²) in [5.41, 5.74) is 1.40. The topological polar surface area (TPSA) is 41.5 Å². The number of allylic oxidation sites excluding steroid dienone is 1. The minimum absolute atomic E-state index is 0.171. The fourth-order valence-corrected chi connectivity index (χ4v) is 1.89. The second-order valence-corrected chi connectivity index (χ2v) is 5.79. The highest BCUT2D eigenvalue weighted by molar-refractivity contribution is 5.07. The van der Waals surface area contributed by atoms with Crippen LogP contribution in [0.5, 0.6) is 0 Å². The van der Waals surface area contributed by atoms with Crippen LogP contribution in [-0.2, 0) is 4.74 Å². The van der Waals surface area contributed by atoms with Crippen molar-refractivity contribution in [1.82, 2.24) is 5.32 Å². The van der Waals surface area contributed by atoms with E-state index in [-0.39, 0.29) is 5.60 Å². The standard InChI is InChI=1S/C14H27NO2/c1-14(2,3)17-11-13(16)10-15-9-8-12-6-4-5-7-12/h6,13,15-16H,4-5,7-11H2,1-3H3. The fraction of sp³-hybridized carbons (Fsp3) is 0.857. The highest BCUT2D eigenvalue weighted by atomic mass is 16.5. The monoisotopic (exact) mass is 241 g/mol. The van der Waals surface area contributed by atoms with Gasteiger partial charge in [0.1, 0.15) is 0 Å². The molecule has 100 valence electrons. The molecule has 1 rings (SSSR count). The van der Waals surface area contributed by atoms with Crippen LogP contribution < -0.4 is 5.32 Å². The molecule has 1 unspecified atom stereocenters. The molecule has 1 atom stereocenters. The van der Waals surface area contributed by atoms with Gasteiger partial charge >= 0.3 is 0 Å². The lowest BCUT2D eigenvalue weighted by molar-refractivity contribution is -0.0477. The van der Waals surface area contributed by atoms with E-state index in [4.69, 9.17) is 4.74 Å². The van der Waals surface area contributed by atoms with E-state index in [0.717, 1.165) is 13.0 Å². The molecular weight excluding hydrogens is 214 g/mol. The number of aliphatic hydroxyl groups excluding tert-OH is 1. The summed E-state index contributed by atoms with van der Waals surface area (Å²) >= 11 is 0. The Hall–Kier alpha value is -0.380. The first-order valence-corrected chi connectivity index (χ1v) is 6.68. The van der Waals surface area contributed by atoms with Gasteiger partial charge < -0.3 is 15.2 Å². The average molecular weight is 241 g/mol. The lowest BCUT2D eigenvalue weighted by Crippen LogP contribution is -2.34. The van der Waals surface area contributed by atoms with E-state index in [1.54, 1.807) is 5.57 Å². The molecule has 0 aromatic heterocycles. The SMILES string of the molecule is CC(C)(C)OCC(O)CNCCC1=CCCC1. The highest BCUT2D eigenvalue weighted by Gasteiger charge is 2.13. The summed E-state index contributed by atoms with van der Waals surface area (Å²) in [4.78, 5) is 0. The van der Waals surface area contributed by atoms with Crippen LogP contribution in [0.25, 0.3) is 0 Å². The van der Waals surface area contributed by atoms with Crippen molar-refractivity contribution in [1.29, 1.82) is 0 Å². The molecule has 0 aromatic carbocycles. The molecule has 0 heterocycles. The molecule has 0 aromatic rings. The predicted octanol–water partition coefficient (Wildman–Crippen LogP) is 2.25. The molecule has 0 amide bonds. The Bertz CT molecular complexity index is 243. The zero-order valence-corrected chi connectivity index (χ0v) is 11.5. The summed E-state index contributed by atoms with van der Waals surface area (Å²) in [6, 6.07) is 0. The summed E-state index contributed by atoms with van der Waals surface area (Å²) in [5, 5.41) is 13.0. The van der Waals surface area contributed by atoms with Gasteiger partial charge in [0.2, 0.25) is 0 Å². The third-order valence-electron chi connectivity index (χ3n) is 2.85. The van der Waals surface area contributed by atoms with Gasteiger partial charge in [0, 0.05) is 6.54 Å². The number of aliphatic hydroxyl groups is 1. The van der Waals surface area contributed by atoms with Crippen molar-refractivity contribution in [2.75, 3.05) is 19.7 Å². The highest BCUT2D eigenvalue weighted by Crippen LogP contribution is 2.19. The second-order valence-electron chi connectivity index (χ2n) is 5.79. The van der Waals surface area contributed by atoms with Crippen LogP contribution in [0.15, 0.2) is 11.6 Å². The van der Waals surface area contributed by atoms with Crippen LogP contribution in [0.4, 0.5) is 0 Å². The Morgan fingerprint density at radius 2 is 2.24 bits per heavy atom. The molecule has 0 aliphatic heterocycles. The molecule has 0 bridgehead atoms. The smallest absolute Gasteiger partial charge is 0.0897 e. The van der Waals surface area contributed by atoms with E-state index in [0.29, 0.717) is 13.2 Å². The summed E-state index contributed by atoms with van der Waals surface area (Å²) in [6.45, 7) is 7.97. The number of hydrogen-bond acceptors (Lipinski definition) is 3. The normalized spacial score (nSPS) is 18.2. The maximum Gasteiger partial charge on any atom is 0.0897 e. The van der Waals surface area contributed by atoms with Gasteiger partial charge in [-0.25, -0.2) is 0 Å². The Kier molecular flexibility index (Phi) is 6.17. The maximum atomic E-state index is 9.70. The van der Waals surface area contributed by atoms with Crippen molar-refractivity contribution in [3.63, 3.8) is 0 Å². The quantitative estimate of drug-likeness (QED) is 0.530. The Morgan fingerprint density at radius 1 is 1.47 bits per heavy atom. The Morgan fingerprint density at radius 3 is 2.82 bits per heavy atom. The van der Waals surface area contributed by atoms with E-state index >= 15 is 0 Å². The summed E-state index contributed by atoms with van der Waals surface area (Å²) in [6.07, 6.45) is 6.88. The van der Waals surface area contributed by atoms with Crippen molar-refractivity contribution in [2.45, 2.75) is 58.2 Å². The molecule has 0 radical (unpaired) electrons. The first kappa shape index (κ1) is 14.7. The van der Waals surface area contributed by atoms with Crippen LogP contribution >= 0.6 is 0 Å². The third-order valence-corrected chi connectivity index (χ3v) is 2.85. The number of nitrogens with one attached hydrogen (secondary N) is 1. The van der Waals surface area contributed by atoms with Gasteiger partial charge in [-0.1, -0.05) is 11.6 Å². The molecule has 17 heavy (non-hydrogen) atoms. The zero-order valence-electron chi connectivity index (χ0n) is 11.5. The van der Waals surface area contributed by atoms with Crippen LogP contribution in [-0.4, -0.2) is 36.5 Å². The first-order valence-electron chi connectivity index (χ1n) is 6.68. The maximum absolute atomic E-state index is 9.70. The lowest BCUT2D eigenvalue weighted by atomic mass is 10.1. The molecule has 0 saturated carbocycles. The summed E-state index contributed by atoms with van der Waals surface area (Å²) in [7, 11) is 0. The van der Waals surface area contributed by atoms with E-state index in [9.17, 15) is 5.11 Å². The van der Waals surface area contributed by atoms with E-state index < -0.39 is 6.10 Å². The summed E-state index contributed by atoms with van der Waals surface area (Å²) < 4.78 is 5.52. The minimum Gasteiger partial charge on any atom is -0.389 e. The molecule has 3 heteroatoms. The molecule has 0 fully saturated rings. The van der Waals surface area contributed by atoms with Crippen molar-refractivity contribution < 1.29 is 9.84 Å². The van der Waals surface area contributed by atoms with Gasteiger partial charge in [0.25, 0.3) is 0 Å². The van der Waals surface area contributed by atoms with E-state index in [1.807, 2.05) is 20.8 Å². The van der Waals surface area contributed by atoms with Crippen molar-refractivity contribution >= 4 is 0 Å². The van der Waals surface area contributed by atoms with Crippen LogP contribution in [0, 0.1) is 0 Å². The number of rotatable bonds is 7. The van der Waals surface area contributed by atoms with Gasteiger partial charge in [-0.15, -0.1) is 0 Å². The van der Waals surface area contributed by atoms with Crippen molar-refractivity contribution in [2.24, 2.45) is 0 Å². The molecule has 3 nitrogen and oxygen atoms in total. The Labute approximate surface area is 105 Å². The van der Waals surface area contributed by atoms with E-state index in [1.165, 1.54) is 19.3 Å². The van der Waals surface area contributed by atoms with Crippen molar-refractivity contribution in [3.8, 4) is 0 Å². The van der Waals surface area contributed by atoms with Crippen molar-refractivity contribution in [3.05, 3.63) is 11.6 Å². The second kappa shape index (κ2) is 7.14. The molecule has 1 aliphatic rings. The van der Waals surface area contributed by atoms with Gasteiger partial charge in [-0.05, 0) is 53.0 Å². The molecule has 0 saturated heterocycles. The van der Waals surface area contributed by atoms with Crippen LogP contribution in [0.3, 0.4) is 0 Å². The molecule has 2 N–H and O–H groups in total. The lowest BCUT2D eigenvalue weighted by Gasteiger charge is -2.22. The zero-order chi connectivity index (χ0) is 12.7. The van der Waals surface area contributed by atoms with Crippen LogP contribution in [0.1, 0.15) is 46.5 Å².